The summed E-state index contributed by atoms with van der Waals surface area (Å²) in [6, 6.07) is 12.1. The normalized spacial score (nSPS) is 16.0. The highest BCUT2D eigenvalue weighted by molar-refractivity contribution is 7.17. The van der Waals surface area contributed by atoms with Crippen LogP contribution in [0.1, 0.15) is 13.8 Å². The van der Waals surface area contributed by atoms with Gasteiger partial charge in [-0.15, -0.1) is 23.7 Å². The van der Waals surface area contributed by atoms with Crippen molar-refractivity contribution in [2.75, 3.05) is 37.6 Å². The van der Waals surface area contributed by atoms with Crippen LogP contribution in [0.2, 0.25) is 0 Å². The van der Waals surface area contributed by atoms with Crippen molar-refractivity contribution in [1.82, 2.24) is 9.88 Å². The molecule has 1 saturated heterocycles. The van der Waals surface area contributed by atoms with Crippen LogP contribution in [0.3, 0.4) is 0 Å². The van der Waals surface area contributed by atoms with E-state index in [2.05, 4.69) is 34.2 Å². The van der Waals surface area contributed by atoms with Crippen molar-refractivity contribution in [3.05, 3.63) is 41.8 Å². The molecule has 0 aliphatic carbocycles. The third-order valence-electron chi connectivity index (χ3n) is 4.99. The third-order valence-corrected chi connectivity index (χ3v) is 5.92. The second kappa shape index (κ2) is 9.09. The van der Waals surface area contributed by atoms with E-state index >= 15 is 0 Å². The summed E-state index contributed by atoms with van der Waals surface area (Å²) in [5.41, 5.74) is 2.02. The predicted molar refractivity (Wildman–Crippen MR) is 119 cm³/mol. The van der Waals surface area contributed by atoms with Gasteiger partial charge in [0.15, 0.2) is 6.29 Å². The highest BCUT2D eigenvalue weighted by atomic mass is 35.5. The predicted octanol–water partition coefficient (Wildman–Crippen LogP) is 4.24. The van der Waals surface area contributed by atoms with E-state index in [9.17, 15) is 5.11 Å². The number of ether oxygens (including phenoxy) is 1. The van der Waals surface area contributed by atoms with Crippen molar-refractivity contribution >= 4 is 39.6 Å². The first-order chi connectivity index (χ1) is 13.1. The van der Waals surface area contributed by atoms with Crippen molar-refractivity contribution < 1.29 is 9.84 Å². The van der Waals surface area contributed by atoms with Gasteiger partial charge < -0.3 is 19.6 Å². The van der Waals surface area contributed by atoms with E-state index in [1.807, 2.05) is 24.3 Å². The molecule has 4 rings (SSSR count). The van der Waals surface area contributed by atoms with Gasteiger partial charge in [-0.1, -0.05) is 6.92 Å². The molecule has 0 saturated carbocycles. The zero-order valence-corrected chi connectivity index (χ0v) is 17.8. The summed E-state index contributed by atoms with van der Waals surface area (Å²) in [5.74, 6) is 1.75. The number of hydrogen-bond donors (Lipinski definition) is 1. The first kappa shape index (κ1) is 20.9. The van der Waals surface area contributed by atoms with E-state index in [1.165, 1.54) is 10.1 Å². The molecule has 1 aliphatic rings. The Labute approximate surface area is 176 Å². The van der Waals surface area contributed by atoms with E-state index in [0.29, 0.717) is 5.75 Å². The second-order valence-corrected chi connectivity index (χ2v) is 7.75. The van der Waals surface area contributed by atoms with Gasteiger partial charge in [0.1, 0.15) is 11.6 Å². The number of aliphatic hydroxyl groups excluding tert-OH is 1. The SMILES string of the molecule is CCN1CCN(c2nc(-c3ccc(OC(C)O)cc3)cc3ccsc23)CC1.Cl. The molecule has 1 aliphatic heterocycles. The number of aromatic nitrogens is 1. The van der Waals surface area contributed by atoms with Crippen molar-refractivity contribution in [3.63, 3.8) is 0 Å². The molecule has 0 amide bonds. The van der Waals surface area contributed by atoms with Gasteiger partial charge in [-0.05, 0) is 60.6 Å². The number of aliphatic hydroxyl groups is 1. The van der Waals surface area contributed by atoms with Gasteiger partial charge in [-0.3, -0.25) is 0 Å². The fraction of sp³-hybridized carbons (Fsp3) is 0.381. The lowest BCUT2D eigenvalue weighted by atomic mass is 10.1. The van der Waals surface area contributed by atoms with Crippen molar-refractivity contribution in [1.29, 1.82) is 0 Å². The molecule has 0 radical (unpaired) electrons. The Morgan fingerprint density at radius 1 is 1.14 bits per heavy atom. The lowest BCUT2D eigenvalue weighted by molar-refractivity contribution is -0.000282. The Kier molecular flexibility index (Phi) is 6.78. The quantitative estimate of drug-likeness (QED) is 0.626. The monoisotopic (exact) mass is 419 g/mol. The number of fused-ring (bicyclic) bond motifs is 1. The fourth-order valence-electron chi connectivity index (χ4n) is 3.50. The lowest BCUT2D eigenvalue weighted by Gasteiger charge is -2.35. The smallest absolute Gasteiger partial charge is 0.194 e. The molecule has 1 unspecified atom stereocenters. The maximum atomic E-state index is 9.36. The van der Waals surface area contributed by atoms with Crippen molar-refractivity contribution in [2.45, 2.75) is 20.1 Å². The summed E-state index contributed by atoms with van der Waals surface area (Å²) in [6.45, 7) is 9.12. The third kappa shape index (κ3) is 4.41. The maximum Gasteiger partial charge on any atom is 0.194 e. The van der Waals surface area contributed by atoms with Gasteiger partial charge in [-0.25, -0.2) is 4.98 Å². The average molecular weight is 420 g/mol. The maximum absolute atomic E-state index is 9.36. The summed E-state index contributed by atoms with van der Waals surface area (Å²) in [4.78, 5) is 9.93. The van der Waals surface area contributed by atoms with Crippen molar-refractivity contribution in [3.8, 4) is 17.0 Å². The lowest BCUT2D eigenvalue weighted by Crippen LogP contribution is -2.46. The Hall–Kier alpha value is -1.86. The van der Waals surface area contributed by atoms with Gasteiger partial charge in [0.2, 0.25) is 0 Å². The number of anilines is 1. The molecule has 1 fully saturated rings. The molecule has 3 heterocycles. The molecule has 1 aromatic carbocycles. The number of pyridine rings is 1. The van der Waals surface area contributed by atoms with Crippen LogP contribution in [-0.4, -0.2) is 54.0 Å². The van der Waals surface area contributed by atoms with Gasteiger partial charge in [0, 0.05) is 31.7 Å². The minimum Gasteiger partial charge on any atom is -0.465 e. The van der Waals surface area contributed by atoms with Crippen LogP contribution in [0, 0.1) is 0 Å². The number of benzene rings is 1. The highest BCUT2D eigenvalue weighted by Gasteiger charge is 2.20. The molecule has 1 atom stereocenters. The van der Waals surface area contributed by atoms with Crippen LogP contribution in [0.15, 0.2) is 41.8 Å². The molecule has 2 aromatic heterocycles. The first-order valence-electron chi connectivity index (χ1n) is 9.44. The standard InChI is InChI=1S/C21H25N3O2S.ClH/c1-3-23-9-11-24(12-10-23)21-20-17(8-13-27-20)14-19(22-21)16-4-6-18(7-5-16)26-15(2)25;/h4-8,13-15,25H,3,9-12H2,1-2H3;1H. The minimum absolute atomic E-state index is 0. The van der Waals surface area contributed by atoms with E-state index in [4.69, 9.17) is 9.72 Å². The van der Waals surface area contributed by atoms with E-state index in [0.717, 1.165) is 49.8 Å². The van der Waals surface area contributed by atoms with Gasteiger partial charge >= 0.3 is 0 Å². The number of piperazine rings is 1. The number of thiophene rings is 1. The van der Waals surface area contributed by atoms with Gasteiger partial charge in [-0.2, -0.15) is 0 Å². The van der Waals surface area contributed by atoms with Gasteiger partial charge in [0.05, 0.1) is 10.4 Å². The average Bonchev–Trinajstić information content (AvgIpc) is 3.16. The van der Waals surface area contributed by atoms with E-state index in [-0.39, 0.29) is 12.4 Å². The van der Waals surface area contributed by atoms with Crippen LogP contribution in [0.25, 0.3) is 21.3 Å². The largest absolute Gasteiger partial charge is 0.465 e. The van der Waals surface area contributed by atoms with Crippen LogP contribution < -0.4 is 9.64 Å². The van der Waals surface area contributed by atoms with E-state index in [1.54, 1.807) is 18.3 Å². The fourth-order valence-corrected chi connectivity index (χ4v) is 4.39. The second-order valence-electron chi connectivity index (χ2n) is 6.83. The van der Waals surface area contributed by atoms with Crippen molar-refractivity contribution in [2.24, 2.45) is 0 Å². The Morgan fingerprint density at radius 2 is 1.86 bits per heavy atom. The topological polar surface area (TPSA) is 48.8 Å². The van der Waals surface area contributed by atoms with Crippen LogP contribution in [0.4, 0.5) is 5.82 Å². The molecule has 1 N–H and O–H groups in total. The van der Waals surface area contributed by atoms with Crippen LogP contribution in [0.5, 0.6) is 5.75 Å². The summed E-state index contributed by atoms with van der Waals surface area (Å²) in [6.07, 6.45) is -0.815. The number of hydrogen-bond acceptors (Lipinski definition) is 6. The summed E-state index contributed by atoms with van der Waals surface area (Å²) < 4.78 is 6.59. The molecule has 7 heteroatoms. The number of likely N-dealkylation sites (N-methyl/N-ethyl adjacent to an activating group) is 1. The van der Waals surface area contributed by atoms with Crippen LogP contribution in [-0.2, 0) is 0 Å². The summed E-state index contributed by atoms with van der Waals surface area (Å²) in [7, 11) is 0. The van der Waals surface area contributed by atoms with Crippen LogP contribution >= 0.6 is 23.7 Å². The summed E-state index contributed by atoms with van der Waals surface area (Å²) in [5, 5.41) is 12.7. The van der Waals surface area contributed by atoms with Gasteiger partial charge in [0.25, 0.3) is 0 Å². The molecule has 0 spiro atoms. The molecule has 3 aromatic rings. The zero-order chi connectivity index (χ0) is 18.8. The molecule has 0 bridgehead atoms. The number of nitrogens with zero attached hydrogens (tertiary/aromatic N) is 3. The number of halogens is 1. The molecule has 150 valence electrons. The number of rotatable bonds is 5. The Bertz CT molecular complexity index is 906. The Morgan fingerprint density at radius 3 is 2.50 bits per heavy atom. The molecule has 5 nitrogen and oxygen atoms in total. The minimum atomic E-state index is -0.815. The first-order valence-corrected chi connectivity index (χ1v) is 10.3. The molecular weight excluding hydrogens is 394 g/mol. The highest BCUT2D eigenvalue weighted by Crippen LogP contribution is 2.34. The summed E-state index contributed by atoms with van der Waals surface area (Å²) >= 11 is 1.76. The zero-order valence-electron chi connectivity index (χ0n) is 16.2. The molecule has 28 heavy (non-hydrogen) atoms. The molecular formula is C21H26ClN3O2S. The Balaban J connectivity index is 0.00000225. The van der Waals surface area contributed by atoms with E-state index < -0.39 is 6.29 Å².